The monoisotopic (exact) mass is 340 g/mol. The van der Waals surface area contributed by atoms with Crippen molar-refractivity contribution in [2.75, 3.05) is 11.9 Å². The summed E-state index contributed by atoms with van der Waals surface area (Å²) in [5.74, 6) is 1.37. The number of furan rings is 1. The molecule has 1 N–H and O–H groups in total. The van der Waals surface area contributed by atoms with E-state index in [1.165, 1.54) is 5.56 Å². The molecule has 0 atom stereocenters. The maximum Gasteiger partial charge on any atom is 0.250 e. The van der Waals surface area contributed by atoms with E-state index < -0.39 is 0 Å². The largest absolute Gasteiger partial charge is 0.461 e. The lowest BCUT2D eigenvalue weighted by molar-refractivity contribution is -0.121. The van der Waals surface area contributed by atoms with Crippen molar-refractivity contribution in [3.8, 4) is 11.5 Å². The van der Waals surface area contributed by atoms with Gasteiger partial charge in [-0.15, -0.1) is 0 Å². The molecule has 6 nitrogen and oxygen atoms in total. The van der Waals surface area contributed by atoms with Gasteiger partial charge in [-0.1, -0.05) is 31.1 Å². The number of hydrogen-bond acceptors (Lipinski definition) is 5. The van der Waals surface area contributed by atoms with Crippen molar-refractivity contribution in [1.29, 1.82) is 0 Å². The van der Waals surface area contributed by atoms with Gasteiger partial charge in [0.1, 0.15) is 12.3 Å². The lowest BCUT2D eigenvalue weighted by Gasteiger charge is -2.08. The summed E-state index contributed by atoms with van der Waals surface area (Å²) >= 11 is 0. The fourth-order valence-corrected chi connectivity index (χ4v) is 2.31. The summed E-state index contributed by atoms with van der Waals surface area (Å²) in [6.07, 6.45) is 1.56. The molecule has 0 radical (unpaired) electrons. The zero-order valence-corrected chi connectivity index (χ0v) is 14.2. The molecule has 0 aliphatic carbocycles. The molecule has 1 aromatic carbocycles. The van der Waals surface area contributed by atoms with E-state index in [4.69, 9.17) is 13.7 Å². The van der Waals surface area contributed by atoms with Crippen molar-refractivity contribution in [3.63, 3.8) is 0 Å². The quantitative estimate of drug-likeness (QED) is 0.697. The van der Waals surface area contributed by atoms with Crippen molar-refractivity contribution >= 4 is 11.6 Å². The Morgan fingerprint density at radius 1 is 1.20 bits per heavy atom. The molecule has 0 unspecified atom stereocenters. The van der Waals surface area contributed by atoms with Crippen LogP contribution < -0.4 is 5.32 Å². The van der Waals surface area contributed by atoms with E-state index in [1.54, 1.807) is 24.5 Å². The Labute approximate surface area is 145 Å². The Bertz CT molecular complexity index is 804. The molecular formula is C19H20N2O4. The molecule has 0 bridgehead atoms. The lowest BCUT2D eigenvalue weighted by Crippen LogP contribution is -2.18. The predicted molar refractivity (Wildman–Crippen MR) is 93.0 cm³/mol. The molecule has 1 amide bonds. The minimum absolute atomic E-state index is 0.0606. The van der Waals surface area contributed by atoms with Crippen molar-refractivity contribution < 1.29 is 18.5 Å². The van der Waals surface area contributed by atoms with Gasteiger partial charge in [0.15, 0.2) is 5.76 Å². The van der Waals surface area contributed by atoms with Crippen LogP contribution in [0.3, 0.4) is 0 Å². The fourth-order valence-electron chi connectivity index (χ4n) is 2.31. The Hall–Kier alpha value is -2.86. The van der Waals surface area contributed by atoms with Crippen molar-refractivity contribution in [2.45, 2.75) is 26.4 Å². The molecule has 0 aliphatic rings. The van der Waals surface area contributed by atoms with Gasteiger partial charge in [-0.05, 0) is 35.7 Å². The zero-order chi connectivity index (χ0) is 17.6. The van der Waals surface area contributed by atoms with Gasteiger partial charge in [0.25, 0.3) is 0 Å². The van der Waals surface area contributed by atoms with Crippen LogP contribution in [0.5, 0.6) is 0 Å². The Morgan fingerprint density at radius 2 is 2.00 bits per heavy atom. The highest BCUT2D eigenvalue weighted by molar-refractivity contribution is 5.91. The molecule has 130 valence electrons. The molecular weight excluding hydrogens is 320 g/mol. The molecule has 3 rings (SSSR count). The van der Waals surface area contributed by atoms with Gasteiger partial charge >= 0.3 is 0 Å². The maximum absolute atomic E-state index is 11.9. The number of hydrogen-bond donors (Lipinski definition) is 1. The molecule has 3 aromatic rings. The van der Waals surface area contributed by atoms with Crippen LogP contribution in [0.4, 0.5) is 5.69 Å². The third-order valence-electron chi connectivity index (χ3n) is 3.67. The Morgan fingerprint density at radius 3 is 2.68 bits per heavy atom. The molecule has 2 aromatic heterocycles. The summed E-state index contributed by atoms with van der Waals surface area (Å²) in [4.78, 5) is 11.9. The molecule has 0 fully saturated rings. The first kappa shape index (κ1) is 17.0. The molecule has 2 heterocycles. The second kappa shape index (κ2) is 7.81. The smallest absolute Gasteiger partial charge is 0.250 e. The van der Waals surface area contributed by atoms with Gasteiger partial charge in [-0.2, -0.15) is 0 Å². The zero-order valence-electron chi connectivity index (χ0n) is 14.2. The van der Waals surface area contributed by atoms with Crippen molar-refractivity contribution in [3.05, 3.63) is 60.0 Å². The average Bonchev–Trinajstić information content (AvgIpc) is 3.26. The van der Waals surface area contributed by atoms with Crippen LogP contribution in [0, 0.1) is 0 Å². The normalized spacial score (nSPS) is 11.0. The lowest BCUT2D eigenvalue weighted by atomic mass is 10.0. The summed E-state index contributed by atoms with van der Waals surface area (Å²) in [7, 11) is 0. The van der Waals surface area contributed by atoms with Crippen LogP contribution in [-0.4, -0.2) is 17.7 Å². The molecule has 6 heteroatoms. The van der Waals surface area contributed by atoms with Gasteiger partial charge in [-0.3, -0.25) is 4.79 Å². The van der Waals surface area contributed by atoms with Gasteiger partial charge in [0, 0.05) is 11.8 Å². The van der Waals surface area contributed by atoms with Gasteiger partial charge in [0.05, 0.1) is 12.9 Å². The third-order valence-corrected chi connectivity index (χ3v) is 3.67. The minimum atomic E-state index is -0.216. The first-order valence-corrected chi connectivity index (χ1v) is 8.09. The molecule has 0 aliphatic heterocycles. The molecule has 25 heavy (non-hydrogen) atoms. The summed E-state index contributed by atoms with van der Waals surface area (Å²) in [5, 5.41) is 6.69. The van der Waals surface area contributed by atoms with Crippen LogP contribution in [0.15, 0.2) is 57.7 Å². The topological polar surface area (TPSA) is 77.5 Å². The second-order valence-corrected chi connectivity index (χ2v) is 5.98. The van der Waals surface area contributed by atoms with E-state index in [2.05, 4.69) is 24.3 Å². The third kappa shape index (κ3) is 4.58. The molecule has 0 saturated heterocycles. The first-order chi connectivity index (χ1) is 12.1. The number of rotatable bonds is 7. The summed E-state index contributed by atoms with van der Waals surface area (Å²) in [6, 6.07) is 13.1. The van der Waals surface area contributed by atoms with E-state index in [1.807, 2.05) is 24.3 Å². The number of amides is 1. The predicted octanol–water partition coefficient (Wildman–Crippen LogP) is 4.21. The summed E-state index contributed by atoms with van der Waals surface area (Å²) in [6.45, 7) is 4.38. The van der Waals surface area contributed by atoms with E-state index in [0.29, 0.717) is 23.1 Å². The van der Waals surface area contributed by atoms with Crippen LogP contribution in [-0.2, 0) is 16.1 Å². The van der Waals surface area contributed by atoms with Crippen LogP contribution in [0.25, 0.3) is 11.5 Å². The molecule has 0 spiro atoms. The highest BCUT2D eigenvalue weighted by atomic mass is 16.5. The number of nitrogens with one attached hydrogen (secondary N) is 1. The minimum Gasteiger partial charge on any atom is -0.461 e. The highest BCUT2D eigenvalue weighted by Crippen LogP contribution is 2.21. The summed E-state index contributed by atoms with van der Waals surface area (Å²) in [5.41, 5.74) is 2.58. The van der Waals surface area contributed by atoms with E-state index in [0.717, 1.165) is 5.69 Å². The number of ether oxygens (including phenoxy) is 1. The number of carbonyl (C=O) groups excluding carboxylic acids is 1. The van der Waals surface area contributed by atoms with Gasteiger partial charge in [0.2, 0.25) is 11.7 Å². The average molecular weight is 340 g/mol. The van der Waals surface area contributed by atoms with Gasteiger partial charge in [-0.25, -0.2) is 0 Å². The van der Waals surface area contributed by atoms with Crippen molar-refractivity contribution in [1.82, 2.24) is 5.16 Å². The maximum atomic E-state index is 11.9. The number of benzene rings is 1. The standard InChI is InChI=1S/C19H20N2O4/c1-13(2)14-5-7-15(8-6-14)20-19(22)12-23-11-16-10-18(25-21-16)17-4-3-9-24-17/h3-10,13H,11-12H2,1-2H3,(H,20,22). The Balaban J connectivity index is 1.45. The van der Waals surface area contributed by atoms with Gasteiger partial charge < -0.3 is 19.0 Å². The Kier molecular flexibility index (Phi) is 5.30. The number of carbonyl (C=O) groups is 1. The van der Waals surface area contributed by atoms with Crippen molar-refractivity contribution in [2.24, 2.45) is 0 Å². The second-order valence-electron chi connectivity index (χ2n) is 5.98. The summed E-state index contributed by atoms with van der Waals surface area (Å²) < 4.78 is 15.8. The fraction of sp³-hybridized carbons (Fsp3) is 0.263. The number of aromatic nitrogens is 1. The van der Waals surface area contributed by atoms with E-state index in [9.17, 15) is 4.79 Å². The number of nitrogens with zero attached hydrogens (tertiary/aromatic N) is 1. The number of anilines is 1. The van der Waals surface area contributed by atoms with E-state index in [-0.39, 0.29) is 19.1 Å². The van der Waals surface area contributed by atoms with E-state index >= 15 is 0 Å². The molecule has 0 saturated carbocycles. The van der Waals surface area contributed by atoms with Crippen LogP contribution in [0.1, 0.15) is 31.0 Å². The first-order valence-electron chi connectivity index (χ1n) is 8.09. The van der Waals surface area contributed by atoms with Crippen LogP contribution >= 0.6 is 0 Å². The highest BCUT2D eigenvalue weighted by Gasteiger charge is 2.10. The SMILES string of the molecule is CC(C)c1ccc(NC(=O)COCc2cc(-c3ccco3)on2)cc1. The van der Waals surface area contributed by atoms with Crippen LogP contribution in [0.2, 0.25) is 0 Å².